The first kappa shape index (κ1) is 28.9. The fourth-order valence-electron chi connectivity index (χ4n) is 4.82. The quantitative estimate of drug-likeness (QED) is 0.375. The van der Waals surface area contributed by atoms with Crippen molar-refractivity contribution in [2.45, 2.75) is 42.1 Å². The van der Waals surface area contributed by atoms with Crippen LogP contribution in [0.3, 0.4) is 0 Å². The number of fused-ring (bicyclic) bond motifs is 1. The average Bonchev–Trinajstić information content (AvgIpc) is 2.99. The summed E-state index contributed by atoms with van der Waals surface area (Å²) < 4.78 is 66.9. The molecule has 2 heterocycles. The molecule has 1 amide bonds. The first-order valence-electron chi connectivity index (χ1n) is 13.5. The first-order valence-corrected chi connectivity index (χ1v) is 16.4. The van der Waals surface area contributed by atoms with Gasteiger partial charge in [-0.25, -0.2) is 16.8 Å². The summed E-state index contributed by atoms with van der Waals surface area (Å²) in [5.41, 5.74) is 1.30. The molecular weight excluding hydrogens is 566 g/mol. The first-order chi connectivity index (χ1) is 19.7. The number of rotatable bonds is 9. The van der Waals surface area contributed by atoms with Crippen molar-refractivity contribution in [1.29, 1.82) is 0 Å². The molecule has 1 N–H and O–H groups in total. The smallest absolute Gasteiger partial charge is 0.264 e. The number of carbonyl (C=O) groups is 1. The third-order valence-corrected chi connectivity index (χ3v) is 10.8. The van der Waals surface area contributed by atoms with Crippen LogP contribution in [0.15, 0.2) is 82.6 Å². The molecule has 3 aromatic carbocycles. The van der Waals surface area contributed by atoms with Gasteiger partial charge in [-0.2, -0.15) is 4.31 Å². The van der Waals surface area contributed by atoms with Gasteiger partial charge < -0.3 is 14.8 Å². The molecule has 1 saturated heterocycles. The number of anilines is 1. The normalized spacial score (nSPS) is 17.8. The molecular formula is C29H33N3O7S2. The maximum Gasteiger partial charge on any atom is 0.264 e. The average molecular weight is 600 g/mol. The Balaban J connectivity index is 1.18. The molecule has 2 aliphatic rings. The molecule has 0 spiro atoms. The van der Waals surface area contributed by atoms with Crippen LogP contribution in [-0.4, -0.2) is 65.9 Å². The van der Waals surface area contributed by atoms with Gasteiger partial charge in [0, 0.05) is 13.1 Å². The third kappa shape index (κ3) is 6.34. The van der Waals surface area contributed by atoms with Crippen molar-refractivity contribution in [1.82, 2.24) is 9.62 Å². The highest BCUT2D eigenvalue weighted by molar-refractivity contribution is 7.92. The fourth-order valence-corrected chi connectivity index (χ4v) is 7.82. The lowest BCUT2D eigenvalue weighted by Gasteiger charge is -2.34. The summed E-state index contributed by atoms with van der Waals surface area (Å²) >= 11 is 0. The Kier molecular flexibility index (Phi) is 8.52. The van der Waals surface area contributed by atoms with Gasteiger partial charge in [0.05, 0.1) is 28.6 Å². The minimum Gasteiger partial charge on any atom is -0.492 e. The molecule has 1 fully saturated rings. The molecule has 0 saturated carbocycles. The minimum atomic E-state index is -3.94. The number of sulfonamides is 2. The molecule has 218 valence electrons. The van der Waals surface area contributed by atoms with Gasteiger partial charge in [-0.1, -0.05) is 36.2 Å². The van der Waals surface area contributed by atoms with Crippen LogP contribution in [-0.2, 0) is 24.8 Å². The number of amides is 1. The summed E-state index contributed by atoms with van der Waals surface area (Å²) in [6, 6.07) is 19.5. The van der Waals surface area contributed by atoms with Gasteiger partial charge in [-0.3, -0.25) is 9.10 Å². The van der Waals surface area contributed by atoms with Crippen LogP contribution in [0.25, 0.3) is 0 Å². The molecule has 12 heteroatoms. The second-order valence-corrected chi connectivity index (χ2v) is 13.8. The van der Waals surface area contributed by atoms with Crippen molar-refractivity contribution in [3.63, 3.8) is 0 Å². The standard InChI is InChI=1S/C29H33N3O7S2/c1-22-9-13-25(14-10-22)41(36,37)32-21-28(39-27-8-4-3-7-26(27)32)29(33)30-17-20-38-23-11-15-24(16-12-23)40(34,35)31-18-5-2-6-19-31/h3-4,7-16,28H,2,5-6,17-21H2,1H3,(H,30,33)/t28-/m1/s1. The van der Waals surface area contributed by atoms with Crippen molar-refractivity contribution < 1.29 is 31.1 Å². The van der Waals surface area contributed by atoms with E-state index in [9.17, 15) is 21.6 Å². The van der Waals surface area contributed by atoms with Crippen LogP contribution >= 0.6 is 0 Å². The fraction of sp³-hybridized carbons (Fsp3) is 0.345. The van der Waals surface area contributed by atoms with Gasteiger partial charge >= 0.3 is 0 Å². The van der Waals surface area contributed by atoms with Crippen molar-refractivity contribution in [3.05, 3.63) is 78.4 Å². The number of aryl methyl sites for hydroxylation is 1. The number of hydrogen-bond acceptors (Lipinski definition) is 7. The predicted molar refractivity (Wildman–Crippen MR) is 154 cm³/mol. The Morgan fingerprint density at radius 3 is 2.22 bits per heavy atom. The number of benzene rings is 3. The van der Waals surface area contributed by atoms with E-state index in [0.717, 1.165) is 24.8 Å². The Morgan fingerprint density at radius 1 is 0.878 bits per heavy atom. The van der Waals surface area contributed by atoms with Crippen molar-refractivity contribution >= 4 is 31.6 Å². The number of para-hydroxylation sites is 2. The largest absolute Gasteiger partial charge is 0.492 e. The zero-order chi connectivity index (χ0) is 29.0. The molecule has 41 heavy (non-hydrogen) atoms. The van der Waals surface area contributed by atoms with E-state index in [-0.39, 0.29) is 29.5 Å². The number of nitrogens with zero attached hydrogens (tertiary/aromatic N) is 2. The molecule has 0 radical (unpaired) electrons. The summed E-state index contributed by atoms with van der Waals surface area (Å²) in [5.74, 6) is 0.288. The number of nitrogens with one attached hydrogen (secondary N) is 1. The van der Waals surface area contributed by atoms with Gasteiger partial charge in [0.1, 0.15) is 18.1 Å². The van der Waals surface area contributed by atoms with E-state index in [0.29, 0.717) is 30.3 Å². The van der Waals surface area contributed by atoms with Crippen LogP contribution < -0.4 is 19.1 Å². The van der Waals surface area contributed by atoms with Crippen molar-refractivity contribution in [2.24, 2.45) is 0 Å². The van der Waals surface area contributed by atoms with E-state index in [1.807, 2.05) is 6.92 Å². The summed E-state index contributed by atoms with van der Waals surface area (Å²) in [6.45, 7) is 3.02. The van der Waals surface area contributed by atoms with E-state index in [1.54, 1.807) is 60.7 Å². The maximum absolute atomic E-state index is 13.5. The van der Waals surface area contributed by atoms with E-state index >= 15 is 0 Å². The number of carbonyl (C=O) groups excluding carboxylic acids is 1. The van der Waals surface area contributed by atoms with Gasteiger partial charge in [-0.15, -0.1) is 0 Å². The Hall–Kier alpha value is -3.61. The molecule has 0 bridgehead atoms. The minimum absolute atomic E-state index is 0.124. The summed E-state index contributed by atoms with van der Waals surface area (Å²) in [5, 5.41) is 2.74. The highest BCUT2D eigenvalue weighted by Gasteiger charge is 2.37. The van der Waals surface area contributed by atoms with Crippen molar-refractivity contribution in [3.8, 4) is 11.5 Å². The molecule has 2 aliphatic heterocycles. The summed E-state index contributed by atoms with van der Waals surface area (Å²) in [7, 11) is -7.46. The highest BCUT2D eigenvalue weighted by atomic mass is 32.2. The molecule has 1 atom stereocenters. The number of piperidine rings is 1. The SMILES string of the molecule is Cc1ccc(S(=O)(=O)N2C[C@H](C(=O)NCCOc3ccc(S(=O)(=O)N4CCCCC4)cc3)Oc3ccccc32)cc1. The molecule has 0 unspecified atom stereocenters. The molecule has 3 aromatic rings. The monoisotopic (exact) mass is 599 g/mol. The van der Waals surface area contributed by atoms with E-state index in [4.69, 9.17) is 9.47 Å². The molecule has 10 nitrogen and oxygen atoms in total. The third-order valence-electron chi connectivity index (χ3n) is 7.08. The van der Waals surface area contributed by atoms with Crippen LogP contribution in [0, 0.1) is 6.92 Å². The van der Waals surface area contributed by atoms with Gasteiger partial charge in [0.25, 0.3) is 15.9 Å². The van der Waals surface area contributed by atoms with Gasteiger partial charge in [0.2, 0.25) is 10.0 Å². The Morgan fingerprint density at radius 2 is 1.51 bits per heavy atom. The second kappa shape index (κ2) is 12.1. The lowest BCUT2D eigenvalue weighted by molar-refractivity contribution is -0.127. The second-order valence-electron chi connectivity index (χ2n) is 10.00. The van der Waals surface area contributed by atoms with E-state index in [2.05, 4.69) is 5.32 Å². The number of ether oxygens (including phenoxy) is 2. The van der Waals surface area contributed by atoms with Crippen LogP contribution in [0.2, 0.25) is 0 Å². The molecule has 0 aliphatic carbocycles. The van der Waals surface area contributed by atoms with Crippen LogP contribution in [0.1, 0.15) is 24.8 Å². The summed E-state index contributed by atoms with van der Waals surface area (Å²) in [4.78, 5) is 13.3. The molecule has 5 rings (SSSR count). The lowest BCUT2D eigenvalue weighted by atomic mass is 10.2. The highest BCUT2D eigenvalue weighted by Crippen LogP contribution is 2.36. The summed E-state index contributed by atoms with van der Waals surface area (Å²) in [6.07, 6.45) is 1.71. The Bertz CT molecular complexity index is 1590. The maximum atomic E-state index is 13.5. The van der Waals surface area contributed by atoms with Crippen molar-refractivity contribution in [2.75, 3.05) is 37.1 Å². The van der Waals surface area contributed by atoms with Crippen LogP contribution in [0.4, 0.5) is 5.69 Å². The van der Waals surface area contributed by atoms with E-state index in [1.165, 1.54) is 20.7 Å². The topological polar surface area (TPSA) is 122 Å². The Labute approximate surface area is 241 Å². The zero-order valence-electron chi connectivity index (χ0n) is 22.7. The van der Waals surface area contributed by atoms with Gasteiger partial charge in [-0.05, 0) is 68.3 Å². The zero-order valence-corrected chi connectivity index (χ0v) is 24.4. The van der Waals surface area contributed by atoms with E-state index < -0.39 is 32.1 Å². The van der Waals surface area contributed by atoms with Crippen LogP contribution in [0.5, 0.6) is 11.5 Å². The number of hydrogen-bond donors (Lipinski definition) is 1. The molecule has 0 aromatic heterocycles. The lowest BCUT2D eigenvalue weighted by Crippen LogP contribution is -2.51. The predicted octanol–water partition coefficient (Wildman–Crippen LogP) is 3.32. The van der Waals surface area contributed by atoms with Gasteiger partial charge in [0.15, 0.2) is 6.10 Å².